The summed E-state index contributed by atoms with van der Waals surface area (Å²) < 4.78 is 6.01. The molecule has 0 atom stereocenters. The molecule has 1 aromatic carbocycles. The molecule has 0 fully saturated rings. The number of hydrogen-bond donors (Lipinski definition) is 1. The first kappa shape index (κ1) is 11.4. The third-order valence-corrected chi connectivity index (χ3v) is 1.97. The van der Waals surface area contributed by atoms with Crippen molar-refractivity contribution in [1.82, 2.24) is 9.71 Å². The number of ether oxygens (including phenoxy) is 1. The molecule has 0 aliphatic carbocycles. The van der Waals surface area contributed by atoms with Crippen LogP contribution in [0.2, 0.25) is 0 Å². The normalized spacial score (nSPS) is 9.40. The van der Waals surface area contributed by atoms with Crippen LogP contribution in [0.25, 0.3) is 11.4 Å². The SMILES string of the molecule is COc1ccc(-c2nccn2O)cc1.Cl. The molecule has 0 saturated heterocycles. The van der Waals surface area contributed by atoms with Gasteiger partial charge in [0.2, 0.25) is 0 Å². The van der Waals surface area contributed by atoms with Gasteiger partial charge in [0.15, 0.2) is 5.82 Å². The highest BCUT2D eigenvalue weighted by Gasteiger charge is 2.03. The Kier molecular flexibility index (Phi) is 3.57. The summed E-state index contributed by atoms with van der Waals surface area (Å²) in [5, 5.41) is 9.35. The predicted molar refractivity (Wildman–Crippen MR) is 58.6 cm³/mol. The van der Waals surface area contributed by atoms with Crippen LogP contribution in [0, 0.1) is 0 Å². The van der Waals surface area contributed by atoms with Gasteiger partial charge in [-0.25, -0.2) is 4.98 Å². The number of nitrogens with zero attached hydrogens (tertiary/aromatic N) is 2. The minimum atomic E-state index is 0. The van der Waals surface area contributed by atoms with Gasteiger partial charge in [-0.05, 0) is 24.3 Å². The second-order valence-electron chi connectivity index (χ2n) is 2.82. The van der Waals surface area contributed by atoms with Crippen LogP contribution in [0.1, 0.15) is 0 Å². The standard InChI is InChI=1S/C10H10N2O2.ClH/c1-14-9-4-2-8(3-5-9)10-11-6-7-12(10)13;/h2-7,13H,1H3;1H. The number of halogens is 1. The van der Waals surface area contributed by atoms with Crippen LogP contribution in [0.3, 0.4) is 0 Å². The molecular formula is C10H11ClN2O2. The fourth-order valence-electron chi connectivity index (χ4n) is 1.24. The monoisotopic (exact) mass is 226 g/mol. The lowest BCUT2D eigenvalue weighted by Gasteiger charge is -2.02. The van der Waals surface area contributed by atoms with Crippen molar-refractivity contribution in [2.75, 3.05) is 7.11 Å². The minimum absolute atomic E-state index is 0. The maximum atomic E-state index is 9.35. The van der Waals surface area contributed by atoms with Gasteiger partial charge in [0, 0.05) is 11.8 Å². The molecule has 1 heterocycles. The minimum Gasteiger partial charge on any atom is -0.497 e. The van der Waals surface area contributed by atoms with Crippen LogP contribution < -0.4 is 4.74 Å². The fraction of sp³-hybridized carbons (Fsp3) is 0.100. The lowest BCUT2D eigenvalue weighted by molar-refractivity contribution is 0.191. The molecule has 0 radical (unpaired) electrons. The van der Waals surface area contributed by atoms with E-state index in [2.05, 4.69) is 4.98 Å². The van der Waals surface area contributed by atoms with Gasteiger partial charge < -0.3 is 9.94 Å². The summed E-state index contributed by atoms with van der Waals surface area (Å²) in [5.41, 5.74) is 0.846. The quantitative estimate of drug-likeness (QED) is 0.799. The summed E-state index contributed by atoms with van der Waals surface area (Å²) in [4.78, 5) is 4.01. The number of benzene rings is 1. The van der Waals surface area contributed by atoms with Crippen molar-refractivity contribution in [2.24, 2.45) is 0 Å². The van der Waals surface area contributed by atoms with Crippen molar-refractivity contribution >= 4 is 12.4 Å². The van der Waals surface area contributed by atoms with E-state index >= 15 is 0 Å². The van der Waals surface area contributed by atoms with Crippen LogP contribution in [0.4, 0.5) is 0 Å². The van der Waals surface area contributed by atoms with Gasteiger partial charge in [-0.2, -0.15) is 4.73 Å². The Hall–Kier alpha value is -1.68. The Balaban J connectivity index is 0.00000112. The largest absolute Gasteiger partial charge is 0.497 e. The summed E-state index contributed by atoms with van der Waals surface area (Å²) in [6, 6.07) is 7.33. The van der Waals surface area contributed by atoms with E-state index < -0.39 is 0 Å². The van der Waals surface area contributed by atoms with Crippen molar-refractivity contribution in [2.45, 2.75) is 0 Å². The molecule has 0 saturated carbocycles. The molecular weight excluding hydrogens is 216 g/mol. The molecule has 0 spiro atoms. The molecule has 2 rings (SSSR count). The smallest absolute Gasteiger partial charge is 0.175 e. The van der Waals surface area contributed by atoms with E-state index in [0.29, 0.717) is 5.82 Å². The van der Waals surface area contributed by atoms with Crippen LogP contribution in [0.15, 0.2) is 36.7 Å². The Morgan fingerprint density at radius 1 is 1.27 bits per heavy atom. The highest BCUT2D eigenvalue weighted by molar-refractivity contribution is 5.85. The summed E-state index contributed by atoms with van der Waals surface area (Å²) in [6.45, 7) is 0. The molecule has 0 unspecified atom stereocenters. The van der Waals surface area contributed by atoms with E-state index in [9.17, 15) is 5.21 Å². The number of methoxy groups -OCH3 is 1. The van der Waals surface area contributed by atoms with Crippen LogP contribution >= 0.6 is 12.4 Å². The van der Waals surface area contributed by atoms with Crippen molar-refractivity contribution in [3.8, 4) is 17.1 Å². The van der Waals surface area contributed by atoms with Crippen LogP contribution in [-0.2, 0) is 0 Å². The van der Waals surface area contributed by atoms with Gasteiger partial charge in [-0.15, -0.1) is 12.4 Å². The topological polar surface area (TPSA) is 47.3 Å². The second-order valence-corrected chi connectivity index (χ2v) is 2.82. The van der Waals surface area contributed by atoms with Gasteiger partial charge in [0.25, 0.3) is 0 Å². The van der Waals surface area contributed by atoms with Gasteiger partial charge in [-0.1, -0.05) is 0 Å². The lowest BCUT2D eigenvalue weighted by atomic mass is 10.2. The third-order valence-electron chi connectivity index (χ3n) is 1.97. The van der Waals surface area contributed by atoms with E-state index in [1.165, 1.54) is 6.20 Å². The molecule has 0 bridgehead atoms. The van der Waals surface area contributed by atoms with Crippen molar-refractivity contribution in [3.05, 3.63) is 36.7 Å². The van der Waals surface area contributed by atoms with E-state index in [1.54, 1.807) is 13.3 Å². The Morgan fingerprint density at radius 2 is 1.93 bits per heavy atom. The van der Waals surface area contributed by atoms with Gasteiger partial charge in [0.1, 0.15) is 5.75 Å². The summed E-state index contributed by atoms with van der Waals surface area (Å²) in [6.07, 6.45) is 3.03. The zero-order chi connectivity index (χ0) is 9.97. The maximum absolute atomic E-state index is 9.35. The van der Waals surface area contributed by atoms with E-state index in [4.69, 9.17) is 4.74 Å². The number of imidazole rings is 1. The Bertz CT molecular complexity index is 425. The third kappa shape index (κ3) is 2.22. The van der Waals surface area contributed by atoms with Crippen molar-refractivity contribution in [3.63, 3.8) is 0 Å². The first-order valence-corrected chi connectivity index (χ1v) is 4.18. The van der Waals surface area contributed by atoms with E-state index in [-0.39, 0.29) is 12.4 Å². The molecule has 4 nitrogen and oxygen atoms in total. The second kappa shape index (κ2) is 4.70. The Labute approximate surface area is 93.5 Å². The summed E-state index contributed by atoms with van der Waals surface area (Å²) in [5.74, 6) is 1.30. The predicted octanol–water partition coefficient (Wildman–Crippen LogP) is 2.22. The molecule has 1 N–H and O–H groups in total. The van der Waals surface area contributed by atoms with Crippen molar-refractivity contribution < 1.29 is 9.94 Å². The van der Waals surface area contributed by atoms with E-state index in [1.807, 2.05) is 24.3 Å². The average Bonchev–Trinajstić information content (AvgIpc) is 2.65. The number of aromatic nitrogens is 2. The first-order chi connectivity index (χ1) is 6.81. The molecule has 80 valence electrons. The molecule has 5 heteroatoms. The van der Waals surface area contributed by atoms with E-state index in [0.717, 1.165) is 16.0 Å². The van der Waals surface area contributed by atoms with Crippen molar-refractivity contribution in [1.29, 1.82) is 0 Å². The van der Waals surface area contributed by atoms with Gasteiger partial charge in [0.05, 0.1) is 13.3 Å². The molecule has 2 aromatic rings. The highest BCUT2D eigenvalue weighted by Crippen LogP contribution is 2.19. The molecule has 1 aromatic heterocycles. The lowest BCUT2D eigenvalue weighted by Crippen LogP contribution is -1.92. The highest BCUT2D eigenvalue weighted by atomic mass is 35.5. The zero-order valence-electron chi connectivity index (χ0n) is 8.12. The molecule has 0 aliphatic rings. The zero-order valence-corrected chi connectivity index (χ0v) is 8.94. The maximum Gasteiger partial charge on any atom is 0.175 e. The summed E-state index contributed by atoms with van der Waals surface area (Å²) >= 11 is 0. The molecule has 0 amide bonds. The van der Waals surface area contributed by atoms with Crippen LogP contribution in [0.5, 0.6) is 5.75 Å². The van der Waals surface area contributed by atoms with Crippen LogP contribution in [-0.4, -0.2) is 22.0 Å². The molecule has 15 heavy (non-hydrogen) atoms. The molecule has 0 aliphatic heterocycles. The number of hydrogen-bond acceptors (Lipinski definition) is 3. The first-order valence-electron chi connectivity index (χ1n) is 4.18. The fourth-order valence-corrected chi connectivity index (χ4v) is 1.24. The number of rotatable bonds is 2. The summed E-state index contributed by atoms with van der Waals surface area (Å²) in [7, 11) is 1.61. The Morgan fingerprint density at radius 3 is 2.40 bits per heavy atom. The average molecular weight is 227 g/mol. The van der Waals surface area contributed by atoms with Gasteiger partial charge >= 0.3 is 0 Å². The van der Waals surface area contributed by atoms with Gasteiger partial charge in [-0.3, -0.25) is 0 Å².